The predicted octanol–water partition coefficient (Wildman–Crippen LogP) is 2.37. The van der Waals surface area contributed by atoms with E-state index in [2.05, 4.69) is 51.0 Å². The third-order valence-electron chi connectivity index (χ3n) is 4.14. The largest absolute Gasteiger partial charge is 0.310 e. The number of aromatic nitrogens is 2. The molecule has 0 aliphatic carbocycles. The van der Waals surface area contributed by atoms with E-state index in [1.807, 2.05) is 12.3 Å². The second kappa shape index (κ2) is 6.87. The molecule has 1 aromatic carbocycles. The molecule has 2 aromatic rings. The molecule has 0 amide bonds. The summed E-state index contributed by atoms with van der Waals surface area (Å²) in [7, 11) is 0. The maximum atomic E-state index is 4.46. The maximum Gasteiger partial charge on any atom is 0.110 e. The summed E-state index contributed by atoms with van der Waals surface area (Å²) in [5.41, 5.74) is 2.41. The van der Waals surface area contributed by atoms with Crippen molar-refractivity contribution in [3.63, 3.8) is 0 Å². The third-order valence-corrected chi connectivity index (χ3v) is 4.14. The van der Waals surface area contributed by atoms with Gasteiger partial charge in [0.1, 0.15) is 5.82 Å². The van der Waals surface area contributed by atoms with Gasteiger partial charge in [-0.3, -0.25) is 4.57 Å². The van der Waals surface area contributed by atoms with Gasteiger partial charge in [-0.05, 0) is 45.0 Å². The topological polar surface area (TPSA) is 33.1 Å². The highest BCUT2D eigenvalue weighted by Crippen LogP contribution is 2.14. The standard InChI is InChI=1S/C17H24N4/c1-15-19-14-17(21(15)16-7-3-2-4-8-16)13-18-9-12-20-10-5-6-11-20/h2-4,7-8,14,18H,5-6,9-13H2,1H3. The molecule has 21 heavy (non-hydrogen) atoms. The summed E-state index contributed by atoms with van der Waals surface area (Å²) in [6.45, 7) is 7.65. The molecular weight excluding hydrogens is 260 g/mol. The van der Waals surface area contributed by atoms with Crippen molar-refractivity contribution >= 4 is 0 Å². The van der Waals surface area contributed by atoms with Crippen LogP contribution >= 0.6 is 0 Å². The van der Waals surface area contributed by atoms with Crippen molar-refractivity contribution in [1.82, 2.24) is 19.8 Å². The molecule has 0 bridgehead atoms. The molecule has 1 aromatic heterocycles. The van der Waals surface area contributed by atoms with Crippen LogP contribution in [-0.2, 0) is 6.54 Å². The first-order chi connectivity index (χ1) is 10.3. The Morgan fingerprint density at radius 2 is 1.90 bits per heavy atom. The number of aryl methyl sites for hydroxylation is 1. The van der Waals surface area contributed by atoms with E-state index < -0.39 is 0 Å². The number of hydrogen-bond donors (Lipinski definition) is 1. The Morgan fingerprint density at radius 3 is 2.67 bits per heavy atom. The van der Waals surface area contributed by atoms with Crippen molar-refractivity contribution < 1.29 is 0 Å². The average Bonchev–Trinajstić information content (AvgIpc) is 3.14. The van der Waals surface area contributed by atoms with Crippen LogP contribution < -0.4 is 5.32 Å². The number of para-hydroxylation sites is 1. The molecule has 0 spiro atoms. The maximum absolute atomic E-state index is 4.46. The fraction of sp³-hybridized carbons (Fsp3) is 0.471. The van der Waals surface area contributed by atoms with Crippen molar-refractivity contribution in [3.05, 3.63) is 48.0 Å². The lowest BCUT2D eigenvalue weighted by molar-refractivity contribution is 0.335. The summed E-state index contributed by atoms with van der Waals surface area (Å²) < 4.78 is 2.23. The van der Waals surface area contributed by atoms with Crippen LogP contribution in [-0.4, -0.2) is 40.6 Å². The Hall–Kier alpha value is -1.65. The molecule has 1 saturated heterocycles. The normalized spacial score (nSPS) is 15.7. The Bertz CT molecular complexity index is 555. The van der Waals surface area contributed by atoms with Gasteiger partial charge >= 0.3 is 0 Å². The number of rotatable bonds is 6. The van der Waals surface area contributed by atoms with E-state index in [1.54, 1.807) is 0 Å². The van der Waals surface area contributed by atoms with Crippen molar-refractivity contribution in [2.75, 3.05) is 26.2 Å². The highest BCUT2D eigenvalue weighted by molar-refractivity contribution is 5.35. The summed E-state index contributed by atoms with van der Waals surface area (Å²) in [6.07, 6.45) is 4.70. The molecule has 1 fully saturated rings. The summed E-state index contributed by atoms with van der Waals surface area (Å²) >= 11 is 0. The SMILES string of the molecule is Cc1ncc(CNCCN2CCCC2)n1-c1ccccc1. The zero-order valence-corrected chi connectivity index (χ0v) is 12.8. The highest BCUT2D eigenvalue weighted by Gasteiger charge is 2.11. The molecular formula is C17H24N4. The fourth-order valence-corrected chi connectivity index (χ4v) is 3.01. The van der Waals surface area contributed by atoms with E-state index in [0.29, 0.717) is 0 Å². The number of nitrogens with one attached hydrogen (secondary N) is 1. The first-order valence-electron chi connectivity index (χ1n) is 7.86. The predicted molar refractivity (Wildman–Crippen MR) is 85.7 cm³/mol. The Kier molecular flexibility index (Phi) is 4.68. The second-order valence-corrected chi connectivity index (χ2v) is 5.69. The van der Waals surface area contributed by atoms with Gasteiger partial charge in [-0.15, -0.1) is 0 Å². The molecule has 4 nitrogen and oxygen atoms in total. The van der Waals surface area contributed by atoms with E-state index in [4.69, 9.17) is 0 Å². The Labute approximate surface area is 126 Å². The van der Waals surface area contributed by atoms with Crippen LogP contribution in [0.25, 0.3) is 5.69 Å². The summed E-state index contributed by atoms with van der Waals surface area (Å²) in [4.78, 5) is 7.00. The van der Waals surface area contributed by atoms with Crippen LogP contribution in [0.15, 0.2) is 36.5 Å². The zero-order valence-electron chi connectivity index (χ0n) is 12.8. The number of likely N-dealkylation sites (tertiary alicyclic amines) is 1. The number of hydrogen-bond acceptors (Lipinski definition) is 3. The van der Waals surface area contributed by atoms with Crippen LogP contribution in [0.4, 0.5) is 0 Å². The molecule has 0 atom stereocenters. The summed E-state index contributed by atoms with van der Waals surface area (Å²) in [5.74, 6) is 1.04. The van der Waals surface area contributed by atoms with Crippen molar-refractivity contribution in [3.8, 4) is 5.69 Å². The Morgan fingerprint density at radius 1 is 1.14 bits per heavy atom. The van der Waals surface area contributed by atoms with Crippen LogP contribution in [0.5, 0.6) is 0 Å². The highest BCUT2D eigenvalue weighted by atomic mass is 15.2. The van der Waals surface area contributed by atoms with Crippen molar-refractivity contribution in [1.29, 1.82) is 0 Å². The third kappa shape index (κ3) is 3.52. The average molecular weight is 284 g/mol. The molecule has 2 heterocycles. The minimum atomic E-state index is 0.865. The monoisotopic (exact) mass is 284 g/mol. The minimum Gasteiger partial charge on any atom is -0.310 e. The van der Waals surface area contributed by atoms with Gasteiger partial charge in [0, 0.05) is 25.3 Å². The van der Waals surface area contributed by atoms with Crippen LogP contribution in [0.2, 0.25) is 0 Å². The first kappa shape index (κ1) is 14.3. The minimum absolute atomic E-state index is 0.865. The van der Waals surface area contributed by atoms with Gasteiger partial charge in [0.15, 0.2) is 0 Å². The second-order valence-electron chi connectivity index (χ2n) is 5.69. The van der Waals surface area contributed by atoms with Gasteiger partial charge < -0.3 is 10.2 Å². The van der Waals surface area contributed by atoms with Gasteiger partial charge in [-0.25, -0.2) is 4.98 Å². The first-order valence-corrected chi connectivity index (χ1v) is 7.86. The summed E-state index contributed by atoms with van der Waals surface area (Å²) in [5, 5.41) is 3.55. The molecule has 4 heteroatoms. The molecule has 1 aliphatic heterocycles. The molecule has 3 rings (SSSR count). The van der Waals surface area contributed by atoms with Crippen molar-refractivity contribution in [2.24, 2.45) is 0 Å². The lowest BCUT2D eigenvalue weighted by Gasteiger charge is -2.15. The smallest absolute Gasteiger partial charge is 0.110 e. The molecule has 1 N–H and O–H groups in total. The van der Waals surface area contributed by atoms with E-state index in [9.17, 15) is 0 Å². The van der Waals surface area contributed by atoms with Gasteiger partial charge in [0.25, 0.3) is 0 Å². The molecule has 112 valence electrons. The zero-order chi connectivity index (χ0) is 14.5. The number of nitrogens with zero attached hydrogens (tertiary/aromatic N) is 3. The van der Waals surface area contributed by atoms with Crippen LogP contribution in [0.1, 0.15) is 24.4 Å². The lowest BCUT2D eigenvalue weighted by Crippen LogP contribution is -2.30. The van der Waals surface area contributed by atoms with Gasteiger partial charge in [-0.2, -0.15) is 0 Å². The Balaban J connectivity index is 1.58. The molecule has 0 saturated carbocycles. The van der Waals surface area contributed by atoms with Crippen molar-refractivity contribution in [2.45, 2.75) is 26.3 Å². The van der Waals surface area contributed by atoms with Gasteiger partial charge in [0.05, 0.1) is 11.9 Å². The van der Waals surface area contributed by atoms with Gasteiger partial charge in [-0.1, -0.05) is 18.2 Å². The van der Waals surface area contributed by atoms with E-state index in [0.717, 1.165) is 25.5 Å². The number of imidazole rings is 1. The summed E-state index contributed by atoms with van der Waals surface area (Å²) in [6, 6.07) is 10.4. The van der Waals surface area contributed by atoms with E-state index >= 15 is 0 Å². The van der Waals surface area contributed by atoms with E-state index in [-0.39, 0.29) is 0 Å². The number of benzene rings is 1. The van der Waals surface area contributed by atoms with Crippen LogP contribution in [0, 0.1) is 6.92 Å². The lowest BCUT2D eigenvalue weighted by atomic mass is 10.3. The quantitative estimate of drug-likeness (QED) is 0.827. The molecule has 1 aliphatic rings. The molecule has 0 radical (unpaired) electrons. The molecule has 0 unspecified atom stereocenters. The van der Waals surface area contributed by atoms with Crippen LogP contribution in [0.3, 0.4) is 0 Å². The van der Waals surface area contributed by atoms with Gasteiger partial charge in [0.2, 0.25) is 0 Å². The fourth-order valence-electron chi connectivity index (χ4n) is 3.01. The van der Waals surface area contributed by atoms with E-state index in [1.165, 1.54) is 37.3 Å².